The molecule has 1 spiro atoms. The van der Waals surface area contributed by atoms with Gasteiger partial charge in [-0.2, -0.15) is 0 Å². The van der Waals surface area contributed by atoms with Crippen LogP contribution in [0, 0.1) is 18.8 Å². The van der Waals surface area contributed by atoms with Gasteiger partial charge in [0.05, 0.1) is 16.7 Å². The van der Waals surface area contributed by atoms with Gasteiger partial charge in [0.2, 0.25) is 0 Å². The van der Waals surface area contributed by atoms with E-state index in [2.05, 4.69) is 27.2 Å². The van der Waals surface area contributed by atoms with Gasteiger partial charge in [-0.25, -0.2) is 14.4 Å². The quantitative estimate of drug-likeness (QED) is 0.375. The number of nitrogens with zero attached hydrogens (tertiary/aromatic N) is 3. The number of H-pyrrole nitrogens is 2. The van der Waals surface area contributed by atoms with Crippen LogP contribution in [0.5, 0.6) is 0 Å². The van der Waals surface area contributed by atoms with E-state index in [0.29, 0.717) is 56.4 Å². The highest BCUT2D eigenvalue weighted by molar-refractivity contribution is 5.89. The predicted molar refractivity (Wildman–Crippen MR) is 176 cm³/mol. The maximum atomic E-state index is 14.1. The lowest BCUT2D eigenvalue weighted by atomic mass is 9.79. The first-order chi connectivity index (χ1) is 22.7. The molecule has 1 aromatic heterocycles. The maximum absolute atomic E-state index is 14.1. The molecular weight excluding hydrogens is 600 g/mol. The first-order valence-corrected chi connectivity index (χ1v) is 16.9. The normalized spacial score (nSPS) is 21.3. The fourth-order valence-electron chi connectivity index (χ4n) is 8.18. The van der Waals surface area contributed by atoms with Crippen molar-refractivity contribution < 1.29 is 23.9 Å². The van der Waals surface area contributed by atoms with Gasteiger partial charge in [-0.05, 0) is 87.8 Å². The molecule has 12 nitrogen and oxygen atoms in total. The highest BCUT2D eigenvalue weighted by Gasteiger charge is 2.46. The van der Waals surface area contributed by atoms with Crippen molar-refractivity contribution in [1.82, 2.24) is 24.7 Å². The van der Waals surface area contributed by atoms with Crippen LogP contribution >= 0.6 is 0 Å². The van der Waals surface area contributed by atoms with E-state index >= 15 is 0 Å². The zero-order valence-corrected chi connectivity index (χ0v) is 27.2. The smallest absolute Gasteiger partial charge is 0.412 e. The van der Waals surface area contributed by atoms with Crippen LogP contribution in [0.1, 0.15) is 55.2 Å². The zero-order valence-electron chi connectivity index (χ0n) is 27.2. The van der Waals surface area contributed by atoms with E-state index in [-0.39, 0.29) is 18.0 Å². The number of benzene rings is 2. The Hall–Kier alpha value is -4.32. The molecular formula is C35H44N6O6. The van der Waals surface area contributed by atoms with Crippen LogP contribution in [0.2, 0.25) is 0 Å². The molecule has 5 heterocycles. The molecule has 250 valence electrons. The minimum absolute atomic E-state index is 0.185. The minimum atomic E-state index is -1.02. The molecule has 4 aliphatic heterocycles. The summed E-state index contributed by atoms with van der Waals surface area (Å²) in [6.07, 6.45) is 3.30. The van der Waals surface area contributed by atoms with Crippen molar-refractivity contribution in [3.05, 3.63) is 63.6 Å². The van der Waals surface area contributed by atoms with Gasteiger partial charge < -0.3 is 34.1 Å². The average Bonchev–Trinajstić information content (AvgIpc) is 3.45. The lowest BCUT2D eigenvalue weighted by molar-refractivity contribution is -0.143. The number of aromatic nitrogens is 2. The van der Waals surface area contributed by atoms with E-state index in [9.17, 15) is 19.2 Å². The van der Waals surface area contributed by atoms with E-state index in [4.69, 9.17) is 9.47 Å². The number of hydrogen-bond acceptors (Lipinski definition) is 7. The molecule has 0 radical (unpaired) electrons. The fraction of sp³-hybridized carbons (Fsp3) is 0.543. The number of hydrogen-bond donors (Lipinski definition) is 3. The van der Waals surface area contributed by atoms with Gasteiger partial charge in [-0.15, -0.1) is 0 Å². The zero-order chi connectivity index (χ0) is 32.7. The van der Waals surface area contributed by atoms with E-state index in [1.54, 1.807) is 4.90 Å². The molecule has 0 saturated carbocycles. The Morgan fingerprint density at radius 1 is 0.936 bits per heavy atom. The Morgan fingerprint density at radius 3 is 2.34 bits per heavy atom. The second-order valence-corrected chi connectivity index (χ2v) is 13.8. The summed E-state index contributed by atoms with van der Waals surface area (Å²) < 4.78 is 11.9. The average molecular weight is 645 g/mol. The fourth-order valence-corrected chi connectivity index (χ4v) is 8.18. The molecule has 1 atom stereocenters. The third-order valence-corrected chi connectivity index (χ3v) is 10.9. The summed E-state index contributed by atoms with van der Waals surface area (Å²) in [6, 6.07) is 11.4. The minimum Gasteiger partial charge on any atom is -0.438 e. The van der Waals surface area contributed by atoms with Crippen molar-refractivity contribution in [3.63, 3.8) is 0 Å². The number of rotatable bonds is 5. The first kappa shape index (κ1) is 31.3. The topological polar surface area (TPSA) is 140 Å². The molecule has 3 aromatic rings. The molecule has 2 aromatic carbocycles. The molecule has 3 amide bonds. The number of aromatic amines is 2. The van der Waals surface area contributed by atoms with Crippen LogP contribution in [0.4, 0.5) is 15.3 Å². The summed E-state index contributed by atoms with van der Waals surface area (Å²) in [5.41, 5.74) is 3.55. The number of amides is 3. The number of carbonyl (C=O) groups excluding carboxylic acids is 3. The molecule has 0 bridgehead atoms. The number of ether oxygens (including phenoxy) is 2. The van der Waals surface area contributed by atoms with Crippen LogP contribution < -0.4 is 11.0 Å². The lowest BCUT2D eigenvalue weighted by Gasteiger charge is -2.44. The van der Waals surface area contributed by atoms with E-state index in [1.807, 2.05) is 48.2 Å². The second-order valence-electron chi connectivity index (χ2n) is 13.8. The lowest BCUT2D eigenvalue weighted by Crippen LogP contribution is -2.52. The summed E-state index contributed by atoms with van der Waals surface area (Å²) in [6.45, 7) is 6.10. The molecule has 7 rings (SSSR count). The van der Waals surface area contributed by atoms with Gasteiger partial charge in [0.15, 0.2) is 6.10 Å². The first-order valence-electron chi connectivity index (χ1n) is 16.9. The SMILES string of the molecule is Cc1cc(CC(OC(=O)N2CCC3(CC2)OC(=O)Nc2ccccc23)C(=O)N2CCC(C3CCN(C)CC3)CC2)cc2[nH]c(=O)[nH]c12. The molecule has 3 N–H and O–H groups in total. The number of fused-ring (bicyclic) bond motifs is 3. The Labute approximate surface area is 273 Å². The van der Waals surface area contributed by atoms with E-state index in [1.165, 1.54) is 12.8 Å². The van der Waals surface area contributed by atoms with Crippen LogP contribution in [0.25, 0.3) is 11.0 Å². The molecule has 47 heavy (non-hydrogen) atoms. The monoisotopic (exact) mass is 644 g/mol. The number of para-hydroxylation sites is 1. The molecule has 3 saturated heterocycles. The number of carbonyl (C=O) groups is 3. The van der Waals surface area contributed by atoms with Crippen molar-refractivity contribution in [2.75, 3.05) is 51.6 Å². The third-order valence-electron chi connectivity index (χ3n) is 10.9. The van der Waals surface area contributed by atoms with Crippen molar-refractivity contribution in [1.29, 1.82) is 0 Å². The van der Waals surface area contributed by atoms with Crippen LogP contribution in [0.3, 0.4) is 0 Å². The van der Waals surface area contributed by atoms with Gasteiger partial charge >= 0.3 is 17.9 Å². The predicted octanol–water partition coefficient (Wildman–Crippen LogP) is 4.35. The summed E-state index contributed by atoms with van der Waals surface area (Å²) >= 11 is 0. The summed E-state index contributed by atoms with van der Waals surface area (Å²) in [4.78, 5) is 63.6. The van der Waals surface area contributed by atoms with Crippen LogP contribution in [0.15, 0.2) is 41.2 Å². The van der Waals surface area contributed by atoms with Gasteiger partial charge in [0.1, 0.15) is 5.60 Å². The van der Waals surface area contributed by atoms with Crippen LogP contribution in [-0.2, 0) is 26.3 Å². The van der Waals surface area contributed by atoms with Crippen molar-refractivity contribution >= 4 is 34.8 Å². The molecule has 4 aliphatic rings. The van der Waals surface area contributed by atoms with Crippen molar-refractivity contribution in [3.8, 4) is 0 Å². The highest BCUT2D eigenvalue weighted by Crippen LogP contribution is 2.43. The summed E-state index contributed by atoms with van der Waals surface area (Å²) in [7, 11) is 2.18. The standard InChI is InChI=1S/C35H44N6O6/c1-22-19-23(20-28-30(22)38-32(43)36-28)21-29(31(42)40-15-9-25(10-16-40)24-7-13-39(2)14-8-24)46-34(45)41-17-11-35(12-18-41)26-5-3-4-6-27(26)37-33(44)47-35/h3-6,19-20,24-25,29H,7-18,21H2,1-2H3,(H,37,44)(H2,36,38,43). The van der Waals surface area contributed by atoms with Gasteiger partial charge in [0.25, 0.3) is 5.91 Å². The maximum Gasteiger partial charge on any atom is 0.412 e. The van der Waals surface area contributed by atoms with Gasteiger partial charge in [-0.3, -0.25) is 10.1 Å². The number of imidazole rings is 1. The number of likely N-dealkylation sites (tertiary alicyclic amines) is 3. The molecule has 3 fully saturated rings. The number of anilines is 1. The summed E-state index contributed by atoms with van der Waals surface area (Å²) in [5, 5.41) is 2.77. The third kappa shape index (κ3) is 6.35. The summed E-state index contributed by atoms with van der Waals surface area (Å²) in [5.74, 6) is 1.12. The molecule has 0 aliphatic carbocycles. The number of aryl methyl sites for hydroxylation is 1. The highest BCUT2D eigenvalue weighted by atomic mass is 16.6. The second kappa shape index (κ2) is 12.7. The van der Waals surface area contributed by atoms with Crippen molar-refractivity contribution in [2.45, 2.75) is 63.6 Å². The van der Waals surface area contributed by atoms with Crippen LogP contribution in [-0.4, -0.2) is 95.2 Å². The van der Waals surface area contributed by atoms with E-state index in [0.717, 1.165) is 53.8 Å². The van der Waals surface area contributed by atoms with Crippen molar-refractivity contribution in [2.24, 2.45) is 11.8 Å². The Bertz CT molecular complexity index is 1710. The van der Waals surface area contributed by atoms with Gasteiger partial charge in [0, 0.05) is 51.0 Å². The Kier molecular flexibility index (Phi) is 8.46. The molecule has 12 heteroatoms. The largest absolute Gasteiger partial charge is 0.438 e. The Balaban J connectivity index is 1.06. The Morgan fingerprint density at radius 2 is 1.62 bits per heavy atom. The van der Waals surface area contributed by atoms with Gasteiger partial charge in [-0.1, -0.05) is 24.3 Å². The molecule has 1 unspecified atom stereocenters. The van der Waals surface area contributed by atoms with E-state index < -0.39 is 23.9 Å². The number of nitrogens with one attached hydrogen (secondary N) is 3. The number of piperidine rings is 3.